The van der Waals surface area contributed by atoms with Gasteiger partial charge in [0.15, 0.2) is 0 Å². The van der Waals surface area contributed by atoms with Crippen LogP contribution in [0.4, 0.5) is 0 Å². The van der Waals surface area contributed by atoms with Crippen LogP contribution < -0.4 is 0 Å². The van der Waals surface area contributed by atoms with Crippen LogP contribution in [0.3, 0.4) is 0 Å². The van der Waals surface area contributed by atoms with Crippen molar-refractivity contribution in [3.05, 3.63) is 29.3 Å². The maximum Gasteiger partial charge on any atom is 0.119 e. The number of phenolic OH excluding ortho intramolecular Hbond substituents is 1. The molecule has 3 rings (SSSR count). The number of aryl methyl sites for hydroxylation is 2. The lowest BCUT2D eigenvalue weighted by atomic mass is 9.97. The molecule has 2 aliphatic carbocycles. The van der Waals surface area contributed by atoms with Crippen molar-refractivity contribution < 1.29 is 5.11 Å². The predicted molar refractivity (Wildman–Crippen MR) is 107 cm³/mol. The summed E-state index contributed by atoms with van der Waals surface area (Å²) < 4.78 is 0. The summed E-state index contributed by atoms with van der Waals surface area (Å²) in [6, 6.07) is 6.42. The topological polar surface area (TPSA) is 20.2 Å². The number of rotatable bonds is 12. The fourth-order valence-electron chi connectivity index (χ4n) is 4.00. The zero-order valence-corrected chi connectivity index (χ0v) is 16.6. The van der Waals surface area contributed by atoms with Crippen LogP contribution in [0, 0.1) is 10.8 Å². The lowest BCUT2D eigenvalue weighted by Gasteiger charge is -2.10. The second kappa shape index (κ2) is 8.14. The molecule has 1 aromatic carbocycles. The Kier molecular flexibility index (Phi) is 6.12. The van der Waals surface area contributed by atoms with Gasteiger partial charge in [0.1, 0.15) is 5.75 Å². The number of aromatic hydroxyl groups is 1. The molecular weight excluding hydrogens is 304 g/mol. The quantitative estimate of drug-likeness (QED) is 0.398. The number of hydrogen-bond donors (Lipinski definition) is 1. The number of hydrogen-bond acceptors (Lipinski definition) is 1. The molecule has 0 heterocycles. The number of benzene rings is 1. The van der Waals surface area contributed by atoms with E-state index in [0.29, 0.717) is 16.6 Å². The van der Waals surface area contributed by atoms with E-state index in [9.17, 15) is 5.11 Å². The third-order valence-electron chi connectivity index (χ3n) is 6.83. The molecule has 1 nitrogen and oxygen atoms in total. The van der Waals surface area contributed by atoms with Crippen LogP contribution in [0.2, 0.25) is 0 Å². The first kappa shape index (κ1) is 18.8. The Balaban J connectivity index is 1.29. The molecule has 0 aliphatic heterocycles. The largest absolute Gasteiger partial charge is 0.508 e. The molecule has 0 radical (unpaired) electrons. The van der Waals surface area contributed by atoms with Crippen molar-refractivity contribution in [3.8, 4) is 5.75 Å². The van der Waals surface area contributed by atoms with Crippen molar-refractivity contribution in [2.24, 2.45) is 10.8 Å². The van der Waals surface area contributed by atoms with Crippen LogP contribution >= 0.6 is 0 Å². The van der Waals surface area contributed by atoms with Crippen molar-refractivity contribution >= 4 is 0 Å². The van der Waals surface area contributed by atoms with Crippen molar-refractivity contribution in [1.82, 2.24) is 0 Å². The summed E-state index contributed by atoms with van der Waals surface area (Å²) in [6.45, 7) is 4.85. The fraction of sp³-hybridized carbons (Fsp3) is 0.750. The van der Waals surface area contributed by atoms with Crippen molar-refractivity contribution in [1.29, 1.82) is 0 Å². The van der Waals surface area contributed by atoms with E-state index in [1.165, 1.54) is 82.6 Å². The molecule has 0 unspecified atom stereocenters. The van der Waals surface area contributed by atoms with Gasteiger partial charge in [-0.3, -0.25) is 0 Å². The molecule has 2 saturated carbocycles. The molecule has 25 heavy (non-hydrogen) atoms. The Morgan fingerprint density at radius 1 is 0.760 bits per heavy atom. The monoisotopic (exact) mass is 342 g/mol. The van der Waals surface area contributed by atoms with Gasteiger partial charge in [0, 0.05) is 0 Å². The van der Waals surface area contributed by atoms with Crippen molar-refractivity contribution in [3.63, 3.8) is 0 Å². The van der Waals surface area contributed by atoms with Crippen LogP contribution in [0.5, 0.6) is 5.75 Å². The minimum absolute atomic E-state index is 0.525. The molecule has 0 atom stereocenters. The molecule has 0 saturated heterocycles. The summed E-state index contributed by atoms with van der Waals surface area (Å²) >= 11 is 0. The van der Waals surface area contributed by atoms with E-state index in [-0.39, 0.29) is 0 Å². The lowest BCUT2D eigenvalue weighted by Crippen LogP contribution is -1.95. The number of unbranched alkanes of at least 4 members (excludes halogenated alkanes) is 4. The van der Waals surface area contributed by atoms with Gasteiger partial charge >= 0.3 is 0 Å². The van der Waals surface area contributed by atoms with E-state index in [4.69, 9.17) is 0 Å². The standard InChI is InChI=1S/C24H38O/c1-23(15-16-23)13-7-3-5-9-20-11-12-21(22(25)19-20)10-6-4-8-14-24(2)17-18-24/h11-12,19,25H,3-10,13-18H2,1-2H3. The summed E-state index contributed by atoms with van der Waals surface area (Å²) in [4.78, 5) is 0. The van der Waals surface area contributed by atoms with Crippen LogP contribution in [0.15, 0.2) is 18.2 Å². The highest BCUT2D eigenvalue weighted by Crippen LogP contribution is 2.49. The summed E-state index contributed by atoms with van der Waals surface area (Å²) in [6.07, 6.45) is 18.6. The summed E-state index contributed by atoms with van der Waals surface area (Å²) in [5.41, 5.74) is 3.85. The van der Waals surface area contributed by atoms with E-state index in [2.05, 4.69) is 26.0 Å². The molecule has 0 bridgehead atoms. The average Bonchev–Trinajstić information content (AvgIpc) is 3.49. The second-order valence-electron chi connectivity index (χ2n) is 9.71. The zero-order valence-electron chi connectivity index (χ0n) is 16.6. The van der Waals surface area contributed by atoms with Crippen LogP contribution in [0.25, 0.3) is 0 Å². The molecule has 1 aromatic rings. The predicted octanol–water partition coefficient (Wildman–Crippen LogP) is 7.20. The molecule has 0 aromatic heterocycles. The summed E-state index contributed by atoms with van der Waals surface area (Å²) in [7, 11) is 0. The molecule has 1 heteroatoms. The highest BCUT2D eigenvalue weighted by Gasteiger charge is 2.36. The normalized spacial score (nSPS) is 19.8. The van der Waals surface area contributed by atoms with Crippen LogP contribution in [-0.2, 0) is 12.8 Å². The van der Waals surface area contributed by atoms with Gasteiger partial charge in [0.2, 0.25) is 0 Å². The summed E-state index contributed by atoms with van der Waals surface area (Å²) in [5.74, 6) is 0.525. The van der Waals surface area contributed by atoms with Gasteiger partial charge in [-0.15, -0.1) is 0 Å². The van der Waals surface area contributed by atoms with E-state index in [1.54, 1.807) is 0 Å². The Morgan fingerprint density at radius 2 is 1.32 bits per heavy atom. The van der Waals surface area contributed by atoms with Crippen LogP contribution in [-0.4, -0.2) is 5.11 Å². The van der Waals surface area contributed by atoms with Crippen LogP contribution in [0.1, 0.15) is 102 Å². The molecule has 1 N–H and O–H groups in total. The summed E-state index contributed by atoms with van der Waals surface area (Å²) in [5, 5.41) is 10.3. The molecular formula is C24H38O. The first-order valence-electron chi connectivity index (χ1n) is 10.8. The highest BCUT2D eigenvalue weighted by molar-refractivity contribution is 5.36. The molecule has 2 fully saturated rings. The van der Waals surface area contributed by atoms with Gasteiger partial charge in [-0.1, -0.05) is 51.7 Å². The maximum absolute atomic E-state index is 10.3. The highest BCUT2D eigenvalue weighted by atomic mass is 16.3. The van der Waals surface area contributed by atoms with Gasteiger partial charge < -0.3 is 5.11 Å². The fourth-order valence-corrected chi connectivity index (χ4v) is 4.00. The van der Waals surface area contributed by atoms with E-state index >= 15 is 0 Å². The molecule has 0 spiro atoms. The van der Waals surface area contributed by atoms with E-state index in [0.717, 1.165) is 18.4 Å². The maximum atomic E-state index is 10.3. The van der Waals surface area contributed by atoms with E-state index < -0.39 is 0 Å². The zero-order chi connectivity index (χ0) is 17.8. The third kappa shape index (κ3) is 6.35. The van der Waals surface area contributed by atoms with Gasteiger partial charge in [0.05, 0.1) is 0 Å². The Hall–Kier alpha value is -0.980. The second-order valence-corrected chi connectivity index (χ2v) is 9.71. The lowest BCUT2D eigenvalue weighted by molar-refractivity contribution is 0.458. The molecule has 2 aliphatic rings. The van der Waals surface area contributed by atoms with Gasteiger partial charge in [0.25, 0.3) is 0 Å². The van der Waals surface area contributed by atoms with Gasteiger partial charge in [-0.2, -0.15) is 0 Å². The molecule has 0 amide bonds. The van der Waals surface area contributed by atoms with Gasteiger partial charge in [-0.05, 0) is 92.2 Å². The Bertz CT molecular complexity index is 551. The minimum atomic E-state index is 0.525. The van der Waals surface area contributed by atoms with E-state index in [1.807, 2.05) is 6.07 Å². The Morgan fingerprint density at radius 3 is 1.84 bits per heavy atom. The SMILES string of the molecule is CC1(CCCCCc2ccc(CCCCCC3(C)CC3)c(O)c2)CC1. The van der Waals surface area contributed by atoms with Crippen molar-refractivity contribution in [2.75, 3.05) is 0 Å². The minimum Gasteiger partial charge on any atom is -0.508 e. The first-order chi connectivity index (χ1) is 12.0. The average molecular weight is 343 g/mol. The molecule has 140 valence electrons. The smallest absolute Gasteiger partial charge is 0.119 e. The van der Waals surface area contributed by atoms with Gasteiger partial charge in [-0.25, -0.2) is 0 Å². The first-order valence-corrected chi connectivity index (χ1v) is 10.8. The number of phenols is 1. The Labute approximate surface area is 155 Å². The third-order valence-corrected chi connectivity index (χ3v) is 6.83. The van der Waals surface area contributed by atoms with Crippen molar-refractivity contribution in [2.45, 2.75) is 104 Å².